The molecule has 0 spiro atoms. The third-order valence-electron chi connectivity index (χ3n) is 3.11. The monoisotopic (exact) mass is 469 g/mol. The van der Waals surface area contributed by atoms with Gasteiger partial charge in [-0.2, -0.15) is 0 Å². The Kier molecular flexibility index (Phi) is 7.39. The fourth-order valence-electron chi connectivity index (χ4n) is 1.83. The fourth-order valence-corrected chi connectivity index (χ4v) is 2.44. The van der Waals surface area contributed by atoms with Crippen LogP contribution in [0.3, 0.4) is 0 Å². The highest BCUT2D eigenvalue weighted by molar-refractivity contribution is 9.10. The van der Waals surface area contributed by atoms with Crippen molar-refractivity contribution < 1.29 is 33.0 Å². The van der Waals surface area contributed by atoms with Crippen molar-refractivity contribution in [2.24, 2.45) is 0 Å². The highest BCUT2D eigenvalue weighted by Crippen LogP contribution is 2.32. The molecule has 0 aliphatic rings. The molecule has 1 amide bonds. The summed E-state index contributed by atoms with van der Waals surface area (Å²) in [5, 5.41) is 19.6. The minimum atomic E-state index is -1.47. The number of anilines is 2. The zero-order chi connectivity index (χ0) is 20.1. The van der Waals surface area contributed by atoms with E-state index in [2.05, 4.69) is 31.1 Å². The van der Waals surface area contributed by atoms with Gasteiger partial charge in [-0.3, -0.25) is 9.63 Å². The lowest BCUT2D eigenvalue weighted by Crippen LogP contribution is -2.30. The van der Waals surface area contributed by atoms with Gasteiger partial charge in [0, 0.05) is 0 Å². The van der Waals surface area contributed by atoms with Crippen molar-refractivity contribution in [1.29, 1.82) is 0 Å². The van der Waals surface area contributed by atoms with E-state index in [1.165, 1.54) is 0 Å². The van der Waals surface area contributed by atoms with E-state index in [0.29, 0.717) is 0 Å². The van der Waals surface area contributed by atoms with E-state index >= 15 is 0 Å². The molecule has 0 aliphatic carbocycles. The zero-order valence-corrected chi connectivity index (χ0v) is 15.6. The molecule has 4 N–H and O–H groups in total. The van der Waals surface area contributed by atoms with Crippen LogP contribution in [0, 0.1) is 17.5 Å². The Bertz CT molecular complexity index is 860. The summed E-state index contributed by atoms with van der Waals surface area (Å²) in [7, 11) is 0. The second-order valence-corrected chi connectivity index (χ2v) is 6.36. The number of nitrogens with one attached hydrogen (secondary N) is 2. The van der Waals surface area contributed by atoms with Gasteiger partial charge in [-0.1, -0.05) is 11.6 Å². The lowest BCUT2D eigenvalue weighted by Gasteiger charge is -2.15. The first-order valence-electron chi connectivity index (χ1n) is 7.21. The van der Waals surface area contributed by atoms with Crippen LogP contribution in [-0.4, -0.2) is 40.4 Å². The molecule has 1 aromatic carbocycles. The minimum absolute atomic E-state index is 0.0888. The molecule has 2 aromatic rings. The van der Waals surface area contributed by atoms with E-state index < -0.39 is 59.0 Å². The Balaban J connectivity index is 2.34. The van der Waals surface area contributed by atoms with Gasteiger partial charge in [-0.15, -0.1) is 0 Å². The highest BCUT2D eigenvalue weighted by Gasteiger charge is 2.23. The first kappa shape index (κ1) is 21.4. The molecule has 12 heteroatoms. The summed E-state index contributed by atoms with van der Waals surface area (Å²) in [4.78, 5) is 20.6. The molecule has 0 fully saturated rings. The van der Waals surface area contributed by atoms with E-state index in [-0.39, 0.29) is 10.3 Å². The first-order valence-corrected chi connectivity index (χ1v) is 8.38. The van der Waals surface area contributed by atoms with Crippen LogP contribution < -0.4 is 10.8 Å². The molecule has 0 radical (unpaired) electrons. The lowest BCUT2D eigenvalue weighted by atomic mass is 10.1. The summed E-state index contributed by atoms with van der Waals surface area (Å²) in [6, 6.07) is 1.87. The average Bonchev–Trinajstić information content (AvgIpc) is 2.63. The summed E-state index contributed by atoms with van der Waals surface area (Å²) in [5.41, 5.74) is 0.825. The first-order chi connectivity index (χ1) is 12.7. The standard InChI is InChI=1S/C15H12BrClF3N3O4/c16-9-1-6(18)3-21-14(9)22-13-8(2-10(17)11(19)12(13)20)15(26)23-27-5-7(25)4-24/h1-3,7,24-25H,4-5H2,(H,21,22)(H,23,26). The Hall–Kier alpha value is -1.92. The number of hydroxylamine groups is 1. The molecule has 1 aromatic heterocycles. The van der Waals surface area contributed by atoms with Crippen LogP contribution in [0.5, 0.6) is 0 Å². The van der Waals surface area contributed by atoms with E-state index in [4.69, 9.17) is 21.8 Å². The smallest absolute Gasteiger partial charge is 0.277 e. The third-order valence-corrected chi connectivity index (χ3v) is 3.99. The highest BCUT2D eigenvalue weighted by atomic mass is 79.9. The topological polar surface area (TPSA) is 104 Å². The maximum absolute atomic E-state index is 14.4. The summed E-state index contributed by atoms with van der Waals surface area (Å²) >= 11 is 8.59. The van der Waals surface area contributed by atoms with Gasteiger partial charge in [0.1, 0.15) is 24.3 Å². The molecular formula is C15H12BrClF3N3O4. The number of hydrogen-bond acceptors (Lipinski definition) is 6. The number of pyridine rings is 1. The molecule has 27 heavy (non-hydrogen) atoms. The van der Waals surface area contributed by atoms with E-state index in [0.717, 1.165) is 18.3 Å². The Labute approximate surface area is 164 Å². The fraction of sp³-hybridized carbons (Fsp3) is 0.200. The van der Waals surface area contributed by atoms with Gasteiger partial charge >= 0.3 is 0 Å². The Morgan fingerprint density at radius 2 is 2.04 bits per heavy atom. The van der Waals surface area contributed by atoms with Crippen LogP contribution in [-0.2, 0) is 4.84 Å². The summed E-state index contributed by atoms with van der Waals surface area (Å²) in [6.45, 7) is -1.06. The summed E-state index contributed by atoms with van der Waals surface area (Å²) in [6.07, 6.45) is -0.424. The summed E-state index contributed by atoms with van der Waals surface area (Å²) in [5.74, 6) is -4.68. The van der Waals surface area contributed by atoms with Crippen LogP contribution in [0.1, 0.15) is 10.4 Å². The summed E-state index contributed by atoms with van der Waals surface area (Å²) < 4.78 is 41.4. The normalized spacial score (nSPS) is 12.0. The quantitative estimate of drug-likeness (QED) is 0.366. The van der Waals surface area contributed by atoms with Crippen molar-refractivity contribution in [3.05, 3.63) is 50.8 Å². The van der Waals surface area contributed by atoms with Gasteiger partial charge in [-0.25, -0.2) is 23.6 Å². The van der Waals surface area contributed by atoms with Crippen molar-refractivity contribution in [2.75, 3.05) is 18.5 Å². The number of carbonyl (C=O) groups excluding carboxylic acids is 1. The molecule has 1 unspecified atom stereocenters. The molecule has 0 saturated heterocycles. The maximum Gasteiger partial charge on any atom is 0.277 e. The number of aliphatic hydroxyl groups excluding tert-OH is 2. The van der Waals surface area contributed by atoms with Crippen LogP contribution in [0.15, 0.2) is 22.8 Å². The predicted molar refractivity (Wildman–Crippen MR) is 93.1 cm³/mol. The minimum Gasteiger partial charge on any atom is -0.394 e. The third kappa shape index (κ3) is 5.30. The van der Waals surface area contributed by atoms with Gasteiger partial charge in [-0.05, 0) is 28.1 Å². The van der Waals surface area contributed by atoms with Crippen LogP contribution >= 0.6 is 27.5 Å². The number of benzene rings is 1. The van der Waals surface area contributed by atoms with Crippen LogP contribution in [0.25, 0.3) is 0 Å². The number of halogens is 5. The average molecular weight is 471 g/mol. The van der Waals surface area contributed by atoms with Gasteiger partial charge in [0.15, 0.2) is 11.6 Å². The molecule has 0 saturated carbocycles. The molecule has 0 bridgehead atoms. The molecule has 146 valence electrons. The number of hydrogen-bond donors (Lipinski definition) is 4. The van der Waals surface area contributed by atoms with E-state index in [9.17, 15) is 18.0 Å². The van der Waals surface area contributed by atoms with Crippen LogP contribution in [0.4, 0.5) is 24.7 Å². The van der Waals surface area contributed by atoms with Gasteiger partial charge in [0.2, 0.25) is 0 Å². The van der Waals surface area contributed by atoms with Crippen molar-refractivity contribution in [2.45, 2.75) is 6.10 Å². The second-order valence-electron chi connectivity index (χ2n) is 5.10. The number of carbonyl (C=O) groups is 1. The number of amides is 1. The van der Waals surface area contributed by atoms with Crippen LogP contribution in [0.2, 0.25) is 5.02 Å². The number of rotatable bonds is 7. The SMILES string of the molecule is O=C(NOCC(O)CO)c1cc(Cl)c(F)c(F)c1Nc1ncc(F)cc1Br. The van der Waals surface area contributed by atoms with Crippen molar-refractivity contribution >= 4 is 44.9 Å². The molecule has 7 nitrogen and oxygen atoms in total. The molecule has 1 heterocycles. The number of aromatic nitrogens is 1. The Morgan fingerprint density at radius 1 is 1.33 bits per heavy atom. The van der Waals surface area contributed by atoms with Gasteiger partial charge < -0.3 is 15.5 Å². The van der Waals surface area contributed by atoms with Crippen molar-refractivity contribution in [1.82, 2.24) is 10.5 Å². The zero-order valence-electron chi connectivity index (χ0n) is 13.3. The molecular weight excluding hydrogens is 459 g/mol. The number of nitrogens with zero attached hydrogens (tertiary/aromatic N) is 1. The Morgan fingerprint density at radius 3 is 2.67 bits per heavy atom. The second kappa shape index (κ2) is 9.33. The van der Waals surface area contributed by atoms with E-state index in [1.807, 2.05) is 5.48 Å². The van der Waals surface area contributed by atoms with E-state index in [1.54, 1.807) is 0 Å². The number of aliphatic hydroxyl groups is 2. The molecule has 2 rings (SSSR count). The lowest BCUT2D eigenvalue weighted by molar-refractivity contribution is -0.0295. The van der Waals surface area contributed by atoms with Crippen molar-refractivity contribution in [3.63, 3.8) is 0 Å². The predicted octanol–water partition coefficient (Wildman–Crippen LogP) is 2.67. The van der Waals surface area contributed by atoms with Gasteiger partial charge in [0.05, 0.1) is 33.5 Å². The largest absolute Gasteiger partial charge is 0.394 e. The maximum atomic E-state index is 14.4. The molecule has 0 aliphatic heterocycles. The molecule has 1 atom stereocenters. The van der Waals surface area contributed by atoms with Crippen molar-refractivity contribution in [3.8, 4) is 0 Å². The van der Waals surface area contributed by atoms with Gasteiger partial charge in [0.25, 0.3) is 5.91 Å².